The Morgan fingerprint density at radius 3 is 3.00 bits per heavy atom. The minimum atomic E-state index is -0.216. The van der Waals surface area contributed by atoms with Crippen molar-refractivity contribution in [1.82, 2.24) is 0 Å². The average molecular weight is 224 g/mol. The minimum absolute atomic E-state index is 0.216. The molecule has 1 aliphatic carbocycles. The van der Waals surface area contributed by atoms with Crippen LogP contribution in [0.4, 0.5) is 0 Å². The van der Waals surface area contributed by atoms with E-state index in [2.05, 4.69) is 17.5 Å². The fourth-order valence-corrected chi connectivity index (χ4v) is 3.85. The van der Waals surface area contributed by atoms with Crippen LogP contribution in [-0.4, -0.2) is 5.11 Å². The van der Waals surface area contributed by atoms with Crippen molar-refractivity contribution in [2.45, 2.75) is 25.4 Å². The van der Waals surface area contributed by atoms with E-state index in [0.717, 1.165) is 17.2 Å². The highest BCUT2D eigenvalue weighted by Crippen LogP contribution is 2.41. The van der Waals surface area contributed by atoms with Crippen molar-refractivity contribution in [3.8, 4) is 0 Å². The van der Waals surface area contributed by atoms with E-state index in [1.165, 1.54) is 22.2 Å². The van der Waals surface area contributed by atoms with Crippen molar-refractivity contribution in [1.29, 1.82) is 0 Å². The number of aliphatic hydroxyl groups is 1. The Hall–Kier alpha value is -0.380. The Morgan fingerprint density at radius 2 is 2.29 bits per heavy atom. The molecule has 1 atom stereocenters. The topological polar surface area (TPSA) is 20.2 Å². The van der Waals surface area contributed by atoms with Crippen LogP contribution in [0.5, 0.6) is 0 Å². The molecular formula is C11H12OS2. The zero-order valence-electron chi connectivity index (χ0n) is 7.77. The molecule has 1 fully saturated rings. The van der Waals surface area contributed by atoms with E-state index < -0.39 is 0 Å². The number of hydrogen-bond acceptors (Lipinski definition) is 3. The third-order valence-corrected chi connectivity index (χ3v) is 4.93. The summed E-state index contributed by atoms with van der Waals surface area (Å²) in [4.78, 5) is 1.15. The molecule has 0 aromatic carbocycles. The van der Waals surface area contributed by atoms with Crippen LogP contribution in [0, 0.1) is 5.92 Å². The van der Waals surface area contributed by atoms with Gasteiger partial charge in [0.25, 0.3) is 0 Å². The van der Waals surface area contributed by atoms with Crippen LogP contribution in [0.3, 0.4) is 0 Å². The molecule has 0 bridgehead atoms. The molecule has 1 nitrogen and oxygen atoms in total. The molecule has 14 heavy (non-hydrogen) atoms. The monoisotopic (exact) mass is 224 g/mol. The molecule has 0 radical (unpaired) electrons. The van der Waals surface area contributed by atoms with Gasteiger partial charge in [0, 0.05) is 14.3 Å². The first kappa shape index (κ1) is 8.89. The Bertz CT molecular complexity index is 410. The first-order valence-electron chi connectivity index (χ1n) is 4.98. The maximum atomic E-state index is 9.97. The molecule has 1 N–H and O–H groups in total. The second-order valence-electron chi connectivity index (χ2n) is 3.99. The van der Waals surface area contributed by atoms with E-state index in [-0.39, 0.29) is 6.10 Å². The van der Waals surface area contributed by atoms with E-state index in [9.17, 15) is 5.11 Å². The van der Waals surface area contributed by atoms with Crippen molar-refractivity contribution in [2.75, 3.05) is 0 Å². The molecule has 0 spiro atoms. The van der Waals surface area contributed by atoms with Crippen molar-refractivity contribution in [3.63, 3.8) is 0 Å². The van der Waals surface area contributed by atoms with Gasteiger partial charge in [0.1, 0.15) is 0 Å². The van der Waals surface area contributed by atoms with Gasteiger partial charge < -0.3 is 5.11 Å². The Kier molecular flexibility index (Phi) is 2.11. The predicted molar refractivity (Wildman–Crippen MR) is 62.0 cm³/mol. The second kappa shape index (κ2) is 3.33. The number of rotatable bonds is 3. The summed E-state index contributed by atoms with van der Waals surface area (Å²) in [5, 5.41) is 12.1. The van der Waals surface area contributed by atoms with Gasteiger partial charge in [0.2, 0.25) is 0 Å². The molecule has 1 saturated carbocycles. The Balaban J connectivity index is 1.85. The molecule has 1 aliphatic rings. The molecule has 3 rings (SSSR count). The van der Waals surface area contributed by atoms with E-state index in [1.54, 1.807) is 22.7 Å². The fourth-order valence-electron chi connectivity index (χ4n) is 1.73. The van der Waals surface area contributed by atoms with Gasteiger partial charge in [0.15, 0.2) is 0 Å². The third kappa shape index (κ3) is 1.60. The summed E-state index contributed by atoms with van der Waals surface area (Å²) in [6, 6.07) is 4.29. The highest BCUT2D eigenvalue weighted by Gasteiger charge is 2.25. The largest absolute Gasteiger partial charge is 0.388 e. The summed E-state index contributed by atoms with van der Waals surface area (Å²) >= 11 is 3.50. The summed E-state index contributed by atoms with van der Waals surface area (Å²) < 4.78 is 2.64. The lowest BCUT2D eigenvalue weighted by Gasteiger charge is -2.05. The molecule has 0 amide bonds. The minimum Gasteiger partial charge on any atom is -0.388 e. The lowest BCUT2D eigenvalue weighted by Crippen LogP contribution is -1.94. The zero-order chi connectivity index (χ0) is 9.54. The van der Waals surface area contributed by atoms with Crippen LogP contribution in [0.1, 0.15) is 30.2 Å². The molecule has 2 aromatic heterocycles. The quantitative estimate of drug-likeness (QED) is 0.841. The van der Waals surface area contributed by atoms with E-state index in [1.807, 2.05) is 0 Å². The normalized spacial score (nSPS) is 18.9. The molecule has 74 valence electrons. The molecule has 0 saturated heterocycles. The first-order valence-corrected chi connectivity index (χ1v) is 6.67. The maximum Gasteiger partial charge on any atom is 0.0885 e. The van der Waals surface area contributed by atoms with Crippen LogP contribution in [0.2, 0.25) is 0 Å². The summed E-state index contributed by atoms with van der Waals surface area (Å²) in [6.45, 7) is 0. The lowest BCUT2D eigenvalue weighted by atomic mass is 10.1. The standard InChI is InChI=1S/C11H12OS2/c12-8(5-7-1-2-7)10-6-11-9(14-10)3-4-13-11/h3-4,6-8,12H,1-2,5H2. The van der Waals surface area contributed by atoms with Crippen molar-refractivity contribution in [3.05, 3.63) is 22.4 Å². The van der Waals surface area contributed by atoms with Gasteiger partial charge in [-0.1, -0.05) is 12.8 Å². The highest BCUT2D eigenvalue weighted by atomic mass is 32.1. The molecular weight excluding hydrogens is 212 g/mol. The van der Waals surface area contributed by atoms with Gasteiger partial charge in [-0.15, -0.1) is 22.7 Å². The van der Waals surface area contributed by atoms with Gasteiger partial charge in [-0.3, -0.25) is 0 Å². The molecule has 1 unspecified atom stereocenters. The Labute approximate surface area is 91.0 Å². The van der Waals surface area contributed by atoms with Crippen molar-refractivity contribution < 1.29 is 5.11 Å². The van der Waals surface area contributed by atoms with Crippen LogP contribution in [-0.2, 0) is 0 Å². The zero-order valence-corrected chi connectivity index (χ0v) is 9.40. The second-order valence-corrected chi connectivity index (χ2v) is 6.06. The summed E-state index contributed by atoms with van der Waals surface area (Å²) in [5.74, 6) is 0.796. The van der Waals surface area contributed by atoms with E-state index in [0.29, 0.717) is 0 Å². The molecule has 2 heterocycles. The summed E-state index contributed by atoms with van der Waals surface area (Å²) in [5.41, 5.74) is 0. The fraction of sp³-hybridized carbons (Fsp3) is 0.455. The SMILES string of the molecule is OC(CC1CC1)c1cc2sccc2s1. The van der Waals surface area contributed by atoms with Crippen LogP contribution >= 0.6 is 22.7 Å². The molecule has 2 aromatic rings. The van der Waals surface area contributed by atoms with Crippen LogP contribution < -0.4 is 0 Å². The smallest absolute Gasteiger partial charge is 0.0885 e. The van der Waals surface area contributed by atoms with Gasteiger partial charge in [-0.05, 0) is 29.9 Å². The maximum absolute atomic E-state index is 9.97. The molecule has 0 aliphatic heterocycles. The van der Waals surface area contributed by atoms with Gasteiger partial charge in [0.05, 0.1) is 6.10 Å². The first-order chi connectivity index (χ1) is 6.83. The Morgan fingerprint density at radius 1 is 1.43 bits per heavy atom. The summed E-state index contributed by atoms with van der Waals surface area (Å²) in [7, 11) is 0. The van der Waals surface area contributed by atoms with Gasteiger partial charge >= 0.3 is 0 Å². The van der Waals surface area contributed by atoms with Crippen LogP contribution in [0.15, 0.2) is 17.5 Å². The third-order valence-electron chi connectivity index (χ3n) is 2.74. The number of hydrogen-bond donors (Lipinski definition) is 1. The number of aliphatic hydroxyl groups excluding tert-OH is 1. The van der Waals surface area contributed by atoms with Crippen molar-refractivity contribution >= 4 is 32.1 Å². The number of fused-ring (bicyclic) bond motifs is 1. The van der Waals surface area contributed by atoms with E-state index in [4.69, 9.17) is 0 Å². The van der Waals surface area contributed by atoms with Gasteiger partial charge in [-0.2, -0.15) is 0 Å². The molecule has 3 heteroatoms. The van der Waals surface area contributed by atoms with Gasteiger partial charge in [-0.25, -0.2) is 0 Å². The number of thiophene rings is 2. The summed E-state index contributed by atoms with van der Waals surface area (Å²) in [6.07, 6.45) is 3.38. The van der Waals surface area contributed by atoms with E-state index >= 15 is 0 Å². The highest BCUT2D eigenvalue weighted by molar-refractivity contribution is 7.26. The van der Waals surface area contributed by atoms with Crippen LogP contribution in [0.25, 0.3) is 9.40 Å². The average Bonchev–Trinajstić information content (AvgIpc) is 2.73. The predicted octanol–water partition coefficient (Wildman–Crippen LogP) is 3.80. The van der Waals surface area contributed by atoms with Crippen molar-refractivity contribution in [2.24, 2.45) is 5.92 Å². The lowest BCUT2D eigenvalue weighted by molar-refractivity contribution is 0.164.